The number of piperidine rings is 1. The summed E-state index contributed by atoms with van der Waals surface area (Å²) in [6.07, 6.45) is 0.531. The first-order valence-electron chi connectivity index (χ1n) is 6.66. The molecule has 0 unspecified atom stereocenters. The molecule has 5 nitrogen and oxygen atoms in total. The van der Waals surface area contributed by atoms with Crippen molar-refractivity contribution in [3.63, 3.8) is 0 Å². The Morgan fingerprint density at radius 3 is 2.38 bits per heavy atom. The number of carbonyl (C=O) groups is 1. The molecule has 7 heteroatoms. The third-order valence-electron chi connectivity index (χ3n) is 4.10. The Hall–Kier alpha value is -1.47. The molecule has 1 N–H and O–H groups in total. The summed E-state index contributed by atoms with van der Waals surface area (Å²) in [5.74, 6) is -1.39. The zero-order valence-corrected chi connectivity index (χ0v) is 12.8. The summed E-state index contributed by atoms with van der Waals surface area (Å²) in [5.41, 5.74) is -0.536. The van der Waals surface area contributed by atoms with Crippen LogP contribution < -0.4 is 0 Å². The highest BCUT2D eigenvalue weighted by atomic mass is 32.2. The van der Waals surface area contributed by atoms with Crippen LogP contribution in [0.3, 0.4) is 0 Å². The topological polar surface area (TPSA) is 74.7 Å². The smallest absolute Gasteiger partial charge is 0.309 e. The second-order valence-electron chi connectivity index (χ2n) is 5.68. The third kappa shape index (κ3) is 2.94. The van der Waals surface area contributed by atoms with E-state index in [1.54, 1.807) is 13.8 Å². The van der Waals surface area contributed by atoms with E-state index in [1.807, 2.05) is 0 Å². The van der Waals surface area contributed by atoms with Gasteiger partial charge in [-0.05, 0) is 50.5 Å². The van der Waals surface area contributed by atoms with Crippen LogP contribution in [0.2, 0.25) is 0 Å². The first-order chi connectivity index (χ1) is 9.67. The van der Waals surface area contributed by atoms with Crippen LogP contribution >= 0.6 is 0 Å². The second-order valence-corrected chi connectivity index (χ2v) is 7.59. The molecule has 1 aromatic rings. The first-order valence-corrected chi connectivity index (χ1v) is 8.10. The Morgan fingerprint density at radius 1 is 1.33 bits per heavy atom. The van der Waals surface area contributed by atoms with E-state index < -0.39 is 27.2 Å². The van der Waals surface area contributed by atoms with Crippen LogP contribution in [0, 0.1) is 18.2 Å². The number of hydrogen-bond acceptors (Lipinski definition) is 3. The highest BCUT2D eigenvalue weighted by molar-refractivity contribution is 7.89. The van der Waals surface area contributed by atoms with Gasteiger partial charge in [0, 0.05) is 13.1 Å². The van der Waals surface area contributed by atoms with Gasteiger partial charge in [0.05, 0.1) is 10.3 Å². The van der Waals surface area contributed by atoms with Crippen LogP contribution in [0.4, 0.5) is 4.39 Å². The summed E-state index contributed by atoms with van der Waals surface area (Å²) in [5, 5.41) is 9.17. The maximum Gasteiger partial charge on any atom is 0.309 e. The van der Waals surface area contributed by atoms with Gasteiger partial charge in [0.1, 0.15) is 5.82 Å². The van der Waals surface area contributed by atoms with Crippen molar-refractivity contribution < 1.29 is 22.7 Å². The molecular formula is C14H18FNO4S. The van der Waals surface area contributed by atoms with E-state index in [1.165, 1.54) is 16.4 Å². The normalized spacial score (nSPS) is 19.4. The van der Waals surface area contributed by atoms with Crippen molar-refractivity contribution in [2.24, 2.45) is 5.41 Å². The lowest BCUT2D eigenvalue weighted by atomic mass is 9.81. The molecule has 1 fully saturated rings. The first kappa shape index (κ1) is 15.9. The lowest BCUT2D eigenvalue weighted by Crippen LogP contribution is -2.45. The minimum Gasteiger partial charge on any atom is -0.481 e. The standard InChI is InChI=1S/C14H18FNO4S/c1-10-9-11(15)3-4-12(10)21(19,20)16-7-5-14(2,6-8-16)13(17)18/h3-4,9H,5-8H2,1-2H3,(H,17,18). The lowest BCUT2D eigenvalue weighted by Gasteiger charge is -2.35. The lowest BCUT2D eigenvalue weighted by molar-refractivity contribution is -0.150. The van der Waals surface area contributed by atoms with Crippen molar-refractivity contribution in [1.82, 2.24) is 4.31 Å². The Balaban J connectivity index is 2.25. The summed E-state index contributed by atoms with van der Waals surface area (Å²) in [6.45, 7) is 3.48. The van der Waals surface area contributed by atoms with Crippen LogP contribution in [-0.4, -0.2) is 36.9 Å². The van der Waals surface area contributed by atoms with Gasteiger partial charge in [0.2, 0.25) is 10.0 Å². The van der Waals surface area contributed by atoms with E-state index in [2.05, 4.69) is 0 Å². The number of benzene rings is 1. The highest BCUT2D eigenvalue weighted by Gasteiger charge is 2.40. The van der Waals surface area contributed by atoms with Crippen molar-refractivity contribution in [2.75, 3.05) is 13.1 Å². The Labute approximate surface area is 123 Å². The molecule has 0 aliphatic carbocycles. The van der Waals surface area contributed by atoms with Gasteiger partial charge in [-0.15, -0.1) is 0 Å². The molecule has 0 spiro atoms. The summed E-state index contributed by atoms with van der Waals surface area (Å²) in [7, 11) is -3.71. The second kappa shape index (κ2) is 5.38. The maximum atomic E-state index is 13.1. The van der Waals surface area contributed by atoms with Gasteiger partial charge in [-0.1, -0.05) is 0 Å². The predicted molar refractivity (Wildman–Crippen MR) is 74.9 cm³/mol. The molecule has 116 valence electrons. The SMILES string of the molecule is Cc1cc(F)ccc1S(=O)(=O)N1CCC(C)(C(=O)O)CC1. The number of sulfonamides is 1. The van der Waals surface area contributed by atoms with Gasteiger partial charge >= 0.3 is 5.97 Å². The number of nitrogens with zero attached hydrogens (tertiary/aromatic N) is 1. The van der Waals surface area contributed by atoms with E-state index in [0.717, 1.165) is 6.07 Å². The number of carboxylic acids is 1. The fraction of sp³-hybridized carbons (Fsp3) is 0.500. The predicted octanol–water partition coefficient (Wildman–Crippen LogP) is 2.01. The fourth-order valence-electron chi connectivity index (χ4n) is 2.48. The summed E-state index contributed by atoms with van der Waals surface area (Å²) in [4.78, 5) is 11.3. The molecule has 0 radical (unpaired) electrons. The van der Waals surface area contributed by atoms with E-state index in [-0.39, 0.29) is 30.8 Å². The minimum absolute atomic E-state index is 0.0721. The molecule has 21 heavy (non-hydrogen) atoms. The van der Waals surface area contributed by atoms with Crippen LogP contribution in [0.15, 0.2) is 23.1 Å². The molecular weight excluding hydrogens is 297 g/mol. The average Bonchev–Trinajstić information content (AvgIpc) is 2.38. The van der Waals surface area contributed by atoms with Crippen LogP contribution in [-0.2, 0) is 14.8 Å². The quantitative estimate of drug-likeness (QED) is 0.926. The number of rotatable bonds is 3. The molecule has 1 saturated heterocycles. The molecule has 1 aromatic carbocycles. The van der Waals surface area contributed by atoms with E-state index in [0.29, 0.717) is 5.56 Å². The highest BCUT2D eigenvalue weighted by Crippen LogP contribution is 2.33. The van der Waals surface area contributed by atoms with Crippen molar-refractivity contribution in [3.8, 4) is 0 Å². The van der Waals surface area contributed by atoms with E-state index in [9.17, 15) is 17.6 Å². The van der Waals surface area contributed by atoms with Crippen molar-refractivity contribution in [2.45, 2.75) is 31.6 Å². The zero-order chi connectivity index (χ0) is 15.8. The van der Waals surface area contributed by atoms with E-state index in [4.69, 9.17) is 5.11 Å². The summed E-state index contributed by atoms with van der Waals surface area (Å²) < 4.78 is 39.5. The van der Waals surface area contributed by atoms with Gasteiger partial charge in [0.15, 0.2) is 0 Å². The molecule has 0 bridgehead atoms. The van der Waals surface area contributed by atoms with E-state index >= 15 is 0 Å². The molecule has 1 heterocycles. The third-order valence-corrected chi connectivity index (χ3v) is 6.16. The number of carboxylic acid groups (broad SMARTS) is 1. The Morgan fingerprint density at radius 2 is 1.90 bits per heavy atom. The largest absolute Gasteiger partial charge is 0.481 e. The van der Waals surface area contributed by atoms with Gasteiger partial charge in [0.25, 0.3) is 0 Å². The van der Waals surface area contributed by atoms with Crippen molar-refractivity contribution in [1.29, 1.82) is 0 Å². The zero-order valence-electron chi connectivity index (χ0n) is 12.0. The molecule has 2 rings (SSSR count). The van der Waals surface area contributed by atoms with Crippen LogP contribution in [0.25, 0.3) is 0 Å². The van der Waals surface area contributed by atoms with Gasteiger partial charge < -0.3 is 5.11 Å². The van der Waals surface area contributed by atoms with Crippen molar-refractivity contribution in [3.05, 3.63) is 29.6 Å². The van der Waals surface area contributed by atoms with Crippen LogP contribution in [0.1, 0.15) is 25.3 Å². The minimum atomic E-state index is -3.71. The Bertz CT molecular complexity index is 664. The van der Waals surface area contributed by atoms with Crippen LogP contribution in [0.5, 0.6) is 0 Å². The van der Waals surface area contributed by atoms with Gasteiger partial charge in [-0.3, -0.25) is 4.79 Å². The monoisotopic (exact) mass is 315 g/mol. The Kier molecular flexibility index (Phi) is 4.08. The molecule has 0 amide bonds. The van der Waals surface area contributed by atoms with Gasteiger partial charge in [-0.2, -0.15) is 4.31 Å². The fourth-order valence-corrected chi connectivity index (χ4v) is 4.12. The summed E-state index contributed by atoms with van der Waals surface area (Å²) >= 11 is 0. The maximum absolute atomic E-state index is 13.1. The molecule has 0 aromatic heterocycles. The van der Waals surface area contributed by atoms with Crippen molar-refractivity contribution >= 4 is 16.0 Å². The number of aryl methyl sites for hydroxylation is 1. The summed E-state index contributed by atoms with van der Waals surface area (Å²) in [6, 6.07) is 3.55. The molecule has 1 aliphatic heterocycles. The number of aliphatic carboxylic acids is 1. The molecule has 0 atom stereocenters. The molecule has 0 saturated carbocycles. The number of hydrogen-bond donors (Lipinski definition) is 1. The number of halogens is 1. The van der Waals surface area contributed by atoms with Gasteiger partial charge in [-0.25, -0.2) is 12.8 Å². The molecule has 1 aliphatic rings. The average molecular weight is 315 g/mol.